The minimum Gasteiger partial charge on any atom is -0.435 e. The number of carbonyl (C=O) groups is 1. The van der Waals surface area contributed by atoms with Gasteiger partial charge in [0.15, 0.2) is 0 Å². The summed E-state index contributed by atoms with van der Waals surface area (Å²) in [6.45, 7) is -2.36. The van der Waals surface area contributed by atoms with Gasteiger partial charge in [0.2, 0.25) is 15.9 Å². The maximum absolute atomic E-state index is 13.0. The fraction of sp³-hybridized carbons (Fsp3) is 0.318. The Labute approximate surface area is 184 Å². The summed E-state index contributed by atoms with van der Waals surface area (Å²) in [4.78, 5) is 14.6. The predicted molar refractivity (Wildman–Crippen MR) is 112 cm³/mol. The third-order valence-electron chi connectivity index (χ3n) is 5.68. The molecule has 4 rings (SSSR count). The number of hydrogen-bond donors (Lipinski definition) is 1. The number of benzene rings is 2. The van der Waals surface area contributed by atoms with Gasteiger partial charge in [-0.3, -0.25) is 4.79 Å². The highest BCUT2D eigenvalue weighted by atomic mass is 32.2. The Kier molecular flexibility index (Phi) is 6.27. The Morgan fingerprint density at radius 2 is 1.56 bits per heavy atom. The highest BCUT2D eigenvalue weighted by Crippen LogP contribution is 2.32. The third kappa shape index (κ3) is 4.38. The van der Waals surface area contributed by atoms with Gasteiger partial charge in [0.05, 0.1) is 17.4 Å². The van der Waals surface area contributed by atoms with Gasteiger partial charge in [-0.25, -0.2) is 8.42 Å². The quantitative estimate of drug-likeness (QED) is 0.635. The first-order chi connectivity index (χ1) is 15.3. The van der Waals surface area contributed by atoms with Crippen molar-refractivity contribution in [3.8, 4) is 5.75 Å². The number of carbonyl (C=O) groups excluding carboxylic acids is 1. The Bertz CT molecular complexity index is 1100. The van der Waals surface area contributed by atoms with E-state index in [0.29, 0.717) is 13.1 Å². The number of amides is 1. The molecule has 1 amide bonds. The summed E-state index contributed by atoms with van der Waals surface area (Å²) >= 11 is 0. The van der Waals surface area contributed by atoms with Crippen LogP contribution in [0.25, 0.3) is 0 Å². The van der Waals surface area contributed by atoms with E-state index in [0.717, 1.165) is 16.7 Å². The smallest absolute Gasteiger partial charge is 0.387 e. The van der Waals surface area contributed by atoms with E-state index in [-0.39, 0.29) is 36.2 Å². The number of aliphatic hydroxyl groups excluding tert-OH is 1. The second-order valence-corrected chi connectivity index (χ2v) is 9.61. The van der Waals surface area contributed by atoms with Crippen molar-refractivity contribution in [3.63, 3.8) is 0 Å². The summed E-state index contributed by atoms with van der Waals surface area (Å²) in [6, 6.07) is 13.9. The first-order valence-corrected chi connectivity index (χ1v) is 11.4. The van der Waals surface area contributed by atoms with Crippen molar-refractivity contribution in [3.05, 3.63) is 71.3 Å². The molecule has 1 atom stereocenters. The van der Waals surface area contributed by atoms with Crippen molar-refractivity contribution in [1.82, 2.24) is 9.21 Å². The van der Waals surface area contributed by atoms with Crippen LogP contribution in [0.1, 0.15) is 11.5 Å². The fourth-order valence-electron chi connectivity index (χ4n) is 4.05. The molecule has 170 valence electrons. The zero-order valence-corrected chi connectivity index (χ0v) is 17.8. The summed E-state index contributed by atoms with van der Waals surface area (Å²) in [6.07, 6.45) is 0. The summed E-state index contributed by atoms with van der Waals surface area (Å²) in [5, 5.41) is 9.76. The molecule has 1 N–H and O–H groups in total. The maximum atomic E-state index is 13.0. The Morgan fingerprint density at radius 3 is 2.09 bits per heavy atom. The first-order valence-electron chi connectivity index (χ1n) is 9.99. The average Bonchev–Trinajstić information content (AvgIpc) is 3.35. The summed E-state index contributed by atoms with van der Waals surface area (Å²) in [5.41, 5.74) is 2.46. The van der Waals surface area contributed by atoms with Gasteiger partial charge in [-0.1, -0.05) is 30.3 Å². The van der Waals surface area contributed by atoms with E-state index in [1.54, 1.807) is 17.0 Å². The Balaban J connectivity index is 1.40. The molecule has 0 saturated carbocycles. The summed E-state index contributed by atoms with van der Waals surface area (Å²) < 4.78 is 56.1. The van der Waals surface area contributed by atoms with Gasteiger partial charge in [-0.15, -0.1) is 0 Å². The van der Waals surface area contributed by atoms with Crippen molar-refractivity contribution in [1.29, 1.82) is 0 Å². The lowest BCUT2D eigenvalue weighted by molar-refractivity contribution is -0.132. The number of rotatable bonds is 7. The molecule has 0 unspecified atom stereocenters. The van der Waals surface area contributed by atoms with Gasteiger partial charge in [0.25, 0.3) is 0 Å². The molecule has 0 radical (unpaired) electrons. The lowest BCUT2D eigenvalue weighted by Gasteiger charge is -2.26. The van der Waals surface area contributed by atoms with Gasteiger partial charge >= 0.3 is 6.61 Å². The first kappa shape index (κ1) is 22.4. The van der Waals surface area contributed by atoms with Crippen LogP contribution in [-0.2, 0) is 14.8 Å². The average molecular weight is 464 g/mol. The van der Waals surface area contributed by atoms with E-state index in [4.69, 9.17) is 0 Å². The molecule has 32 heavy (non-hydrogen) atoms. The monoisotopic (exact) mass is 464 g/mol. The minimum absolute atomic E-state index is 0.0161. The number of nitrogens with zero attached hydrogens (tertiary/aromatic N) is 2. The van der Waals surface area contributed by atoms with Crippen LogP contribution in [0, 0.1) is 0 Å². The SMILES string of the molecule is O=C([C@H](CO)c1ccccc1)N1CC2=C(C1)CN(S(=O)(=O)c1ccc(OC(F)F)cc1)C2. The maximum Gasteiger partial charge on any atom is 0.387 e. The fourth-order valence-corrected chi connectivity index (χ4v) is 5.48. The van der Waals surface area contributed by atoms with Crippen molar-refractivity contribution in [2.75, 3.05) is 32.8 Å². The molecule has 2 aliphatic heterocycles. The number of sulfonamides is 1. The molecular weight excluding hydrogens is 442 g/mol. The topological polar surface area (TPSA) is 87.2 Å². The van der Waals surface area contributed by atoms with Gasteiger partial charge in [-0.2, -0.15) is 13.1 Å². The van der Waals surface area contributed by atoms with Crippen molar-refractivity contribution in [2.45, 2.75) is 17.4 Å². The van der Waals surface area contributed by atoms with Gasteiger partial charge < -0.3 is 14.7 Å². The largest absolute Gasteiger partial charge is 0.435 e. The van der Waals surface area contributed by atoms with Crippen LogP contribution in [0.3, 0.4) is 0 Å². The number of ether oxygens (including phenoxy) is 1. The molecule has 0 spiro atoms. The molecule has 0 saturated heterocycles. The molecule has 10 heteroatoms. The Hall–Kier alpha value is -2.82. The lowest BCUT2D eigenvalue weighted by Crippen LogP contribution is -2.39. The van der Waals surface area contributed by atoms with Crippen molar-refractivity contribution < 1.29 is 31.8 Å². The molecule has 0 bridgehead atoms. The van der Waals surface area contributed by atoms with E-state index in [9.17, 15) is 27.1 Å². The second kappa shape index (κ2) is 8.97. The van der Waals surface area contributed by atoms with E-state index in [1.807, 2.05) is 18.2 Å². The van der Waals surface area contributed by atoms with Crippen LogP contribution in [0.4, 0.5) is 8.78 Å². The lowest BCUT2D eigenvalue weighted by atomic mass is 9.98. The zero-order chi connectivity index (χ0) is 22.9. The van der Waals surface area contributed by atoms with Gasteiger partial charge in [0.1, 0.15) is 5.75 Å². The standard InChI is InChI=1S/C22H22F2N2O5S/c23-22(24)31-18-6-8-19(9-7-18)32(29,30)26-12-16-10-25(11-17(16)13-26)21(28)20(14-27)15-4-2-1-3-5-15/h1-9,20,22,27H,10-14H2/t20-/m1/s1. The highest BCUT2D eigenvalue weighted by molar-refractivity contribution is 7.89. The van der Waals surface area contributed by atoms with Crippen LogP contribution >= 0.6 is 0 Å². The molecule has 2 heterocycles. The minimum atomic E-state index is -3.82. The van der Waals surface area contributed by atoms with E-state index < -0.39 is 22.6 Å². The molecule has 2 aliphatic rings. The molecule has 2 aromatic rings. The predicted octanol–water partition coefficient (Wildman–Crippen LogP) is 2.21. The van der Waals surface area contributed by atoms with Gasteiger partial charge in [-0.05, 0) is 41.0 Å². The molecule has 2 aromatic carbocycles. The van der Waals surface area contributed by atoms with Crippen LogP contribution in [0.5, 0.6) is 5.75 Å². The number of alkyl halides is 2. The molecule has 7 nitrogen and oxygen atoms in total. The van der Waals surface area contributed by atoms with Crippen molar-refractivity contribution >= 4 is 15.9 Å². The highest BCUT2D eigenvalue weighted by Gasteiger charge is 2.39. The molecule has 0 aromatic heterocycles. The summed E-state index contributed by atoms with van der Waals surface area (Å²) in [5.74, 6) is -0.978. The van der Waals surface area contributed by atoms with Crippen LogP contribution in [-0.4, -0.2) is 68.0 Å². The molecular formula is C22H22F2N2O5S. The second-order valence-electron chi connectivity index (χ2n) is 7.67. The van der Waals surface area contributed by atoms with Gasteiger partial charge in [0, 0.05) is 26.2 Å². The molecule has 0 aliphatic carbocycles. The third-order valence-corrected chi connectivity index (χ3v) is 7.48. The van der Waals surface area contributed by atoms with E-state index >= 15 is 0 Å². The van der Waals surface area contributed by atoms with Crippen LogP contribution < -0.4 is 4.74 Å². The van der Waals surface area contributed by atoms with Crippen molar-refractivity contribution in [2.24, 2.45) is 0 Å². The zero-order valence-electron chi connectivity index (χ0n) is 17.0. The Morgan fingerprint density at radius 1 is 0.969 bits per heavy atom. The normalized spacial score (nSPS) is 17.7. The number of halogens is 2. The number of aliphatic hydroxyl groups is 1. The van der Waals surface area contributed by atoms with Crippen LogP contribution in [0.15, 0.2) is 70.6 Å². The van der Waals surface area contributed by atoms with E-state index in [1.165, 1.54) is 28.6 Å². The van der Waals surface area contributed by atoms with E-state index in [2.05, 4.69) is 4.74 Å². The number of hydrogen-bond acceptors (Lipinski definition) is 5. The summed E-state index contributed by atoms with van der Waals surface area (Å²) in [7, 11) is -3.82. The van der Waals surface area contributed by atoms with Crippen LogP contribution in [0.2, 0.25) is 0 Å². The molecule has 0 fully saturated rings.